The molecule has 1 aromatic carbocycles. The second-order valence-corrected chi connectivity index (χ2v) is 7.37. The van der Waals surface area contributed by atoms with Crippen LogP contribution in [0.25, 0.3) is 0 Å². The average Bonchev–Trinajstić information content (AvgIpc) is 2.93. The highest BCUT2D eigenvalue weighted by Crippen LogP contribution is 2.29. The minimum absolute atomic E-state index is 0.0341. The van der Waals surface area contributed by atoms with Crippen molar-refractivity contribution < 1.29 is 17.9 Å². The molecule has 3 aromatic rings. The van der Waals surface area contributed by atoms with Crippen LogP contribution in [0.4, 0.5) is 28.9 Å². The molecule has 0 aliphatic heterocycles. The lowest BCUT2D eigenvalue weighted by molar-refractivity contribution is -0.383. The van der Waals surface area contributed by atoms with Gasteiger partial charge in [0, 0.05) is 11.3 Å². The lowest BCUT2D eigenvalue weighted by Crippen LogP contribution is -2.13. The number of nitro groups is 1. The van der Waals surface area contributed by atoms with Gasteiger partial charge in [-0.3, -0.25) is 10.1 Å². The molecule has 0 amide bonds. The number of aryl methyl sites for hydroxylation is 1. The molecule has 0 saturated carbocycles. The van der Waals surface area contributed by atoms with E-state index < -0.39 is 20.6 Å². The number of hydrogen-bond acceptors (Lipinski definition) is 10. The highest BCUT2D eigenvalue weighted by molar-refractivity contribution is 7.92. The Kier molecular flexibility index (Phi) is 4.83. The maximum Gasteiger partial charge on any atom is 0.353 e. The Balaban J connectivity index is 1.83. The van der Waals surface area contributed by atoms with Crippen LogP contribution >= 0.6 is 0 Å². The summed E-state index contributed by atoms with van der Waals surface area (Å²) in [5.41, 5.74) is 6.55. The Bertz CT molecular complexity index is 1140. The number of nitrogens with zero attached hydrogens (tertiary/aromatic N) is 4. The van der Waals surface area contributed by atoms with Gasteiger partial charge in [-0.15, -0.1) is 0 Å². The number of rotatable bonds is 6. The highest BCUT2D eigenvalue weighted by Gasteiger charge is 2.22. The summed E-state index contributed by atoms with van der Waals surface area (Å²) >= 11 is 0. The number of nitrogens with two attached hydrogens (primary N) is 1. The number of anilines is 4. The highest BCUT2D eigenvalue weighted by atomic mass is 32.2. The van der Waals surface area contributed by atoms with Gasteiger partial charge in [-0.25, -0.2) is 23.1 Å². The Morgan fingerprint density at radius 3 is 2.43 bits per heavy atom. The third-order valence-electron chi connectivity index (χ3n) is 3.84. The molecule has 0 saturated heterocycles. The van der Waals surface area contributed by atoms with Crippen LogP contribution in [0.15, 0.2) is 40.0 Å². The van der Waals surface area contributed by atoms with Crippen molar-refractivity contribution >= 4 is 38.9 Å². The summed E-state index contributed by atoms with van der Waals surface area (Å²) in [7, 11) is -3.91. The van der Waals surface area contributed by atoms with Gasteiger partial charge in [0.15, 0.2) is 0 Å². The quantitative estimate of drug-likeness (QED) is 0.406. The fourth-order valence-corrected chi connectivity index (χ4v) is 3.26. The van der Waals surface area contributed by atoms with Gasteiger partial charge >= 0.3 is 5.69 Å². The molecule has 0 aliphatic rings. The van der Waals surface area contributed by atoms with Gasteiger partial charge in [0.05, 0.1) is 15.5 Å². The van der Waals surface area contributed by atoms with Crippen molar-refractivity contribution in [3.63, 3.8) is 0 Å². The molecule has 0 aliphatic carbocycles. The van der Waals surface area contributed by atoms with E-state index in [-0.39, 0.29) is 22.4 Å². The minimum atomic E-state index is -3.91. The van der Waals surface area contributed by atoms with Gasteiger partial charge in [-0.2, -0.15) is 0 Å². The van der Waals surface area contributed by atoms with Gasteiger partial charge in [0.1, 0.15) is 6.33 Å². The number of nitrogens with one attached hydrogen (secondary N) is 2. The summed E-state index contributed by atoms with van der Waals surface area (Å²) in [6.07, 6.45) is 1.08. The first-order chi connectivity index (χ1) is 13.2. The predicted octanol–water partition coefficient (Wildman–Crippen LogP) is 2.12. The Hall–Kier alpha value is -3.74. The van der Waals surface area contributed by atoms with Crippen molar-refractivity contribution in [3.8, 4) is 0 Å². The summed E-state index contributed by atoms with van der Waals surface area (Å²) in [6.45, 7) is 3.37. The first kappa shape index (κ1) is 19.0. The summed E-state index contributed by atoms with van der Waals surface area (Å²) in [4.78, 5) is 17.8. The number of aromatic nitrogens is 3. The molecule has 2 aromatic heterocycles. The molecule has 3 rings (SSSR count). The van der Waals surface area contributed by atoms with Crippen LogP contribution in [0.5, 0.6) is 0 Å². The van der Waals surface area contributed by atoms with Gasteiger partial charge in [-0.1, -0.05) is 5.16 Å². The second kappa shape index (κ2) is 7.11. The third kappa shape index (κ3) is 3.68. The van der Waals surface area contributed by atoms with Crippen molar-refractivity contribution in [2.75, 3.05) is 15.8 Å². The third-order valence-corrected chi connectivity index (χ3v) is 5.19. The lowest BCUT2D eigenvalue weighted by atomic mass is 10.3. The number of sulfonamides is 1. The molecule has 0 unspecified atom stereocenters. The van der Waals surface area contributed by atoms with Crippen LogP contribution in [0.2, 0.25) is 0 Å². The average molecular weight is 405 g/mol. The van der Waals surface area contributed by atoms with E-state index >= 15 is 0 Å². The fourth-order valence-electron chi connectivity index (χ4n) is 2.21. The smallest absolute Gasteiger partial charge is 0.353 e. The van der Waals surface area contributed by atoms with Crippen LogP contribution in [0.1, 0.15) is 11.3 Å². The molecular formula is C15H15N7O5S. The molecule has 0 fully saturated rings. The monoisotopic (exact) mass is 405 g/mol. The molecular weight excluding hydrogens is 390 g/mol. The van der Waals surface area contributed by atoms with Gasteiger partial charge < -0.3 is 15.6 Å². The van der Waals surface area contributed by atoms with Gasteiger partial charge in [-0.05, 0) is 38.1 Å². The van der Waals surface area contributed by atoms with E-state index in [1.54, 1.807) is 13.8 Å². The van der Waals surface area contributed by atoms with Crippen molar-refractivity contribution in [2.45, 2.75) is 18.7 Å². The van der Waals surface area contributed by atoms with Crippen LogP contribution in [-0.2, 0) is 10.0 Å². The Labute approximate surface area is 159 Å². The zero-order valence-corrected chi connectivity index (χ0v) is 15.5. The Morgan fingerprint density at radius 2 is 1.86 bits per heavy atom. The van der Waals surface area contributed by atoms with Gasteiger partial charge in [0.2, 0.25) is 17.5 Å². The molecule has 13 heteroatoms. The van der Waals surface area contributed by atoms with E-state index in [2.05, 4.69) is 25.2 Å². The zero-order valence-electron chi connectivity index (χ0n) is 14.7. The first-order valence-corrected chi connectivity index (χ1v) is 9.25. The van der Waals surface area contributed by atoms with Gasteiger partial charge in [0.25, 0.3) is 10.0 Å². The van der Waals surface area contributed by atoms with Crippen LogP contribution < -0.4 is 15.8 Å². The molecule has 0 spiro atoms. The van der Waals surface area contributed by atoms with Crippen LogP contribution in [0.3, 0.4) is 0 Å². The van der Waals surface area contributed by atoms with E-state index in [9.17, 15) is 18.5 Å². The summed E-state index contributed by atoms with van der Waals surface area (Å²) in [5.74, 6) is -0.366. The van der Waals surface area contributed by atoms with Crippen LogP contribution in [0, 0.1) is 24.0 Å². The van der Waals surface area contributed by atoms with Crippen molar-refractivity contribution in [2.24, 2.45) is 0 Å². The molecule has 2 heterocycles. The van der Waals surface area contributed by atoms with Crippen LogP contribution in [-0.4, -0.2) is 28.5 Å². The predicted molar refractivity (Wildman–Crippen MR) is 99.6 cm³/mol. The molecule has 4 N–H and O–H groups in total. The van der Waals surface area contributed by atoms with Crippen molar-refractivity contribution in [1.29, 1.82) is 0 Å². The maximum atomic E-state index is 12.5. The SMILES string of the molecule is Cc1noc(NS(=O)(=O)c2ccc(Nc3ncnc(N)c3[N+](=O)[O-])cc2)c1C. The number of nitrogen functional groups attached to an aromatic ring is 1. The largest absolute Gasteiger partial charge is 0.378 e. The first-order valence-electron chi connectivity index (χ1n) is 7.76. The standard InChI is InChI=1S/C15H15N7O5S/c1-8-9(2)20-27-15(8)21-28(25,26)11-5-3-10(4-6-11)19-14-12(22(23)24)13(16)17-7-18-14/h3-7,21H,1-2H3,(H3,16,17,18,19). The normalized spacial score (nSPS) is 11.2. The molecule has 0 bridgehead atoms. The second-order valence-electron chi connectivity index (χ2n) is 5.69. The minimum Gasteiger partial charge on any atom is -0.378 e. The molecule has 146 valence electrons. The van der Waals surface area contributed by atoms with E-state index in [0.29, 0.717) is 16.9 Å². The molecule has 12 nitrogen and oxygen atoms in total. The summed E-state index contributed by atoms with van der Waals surface area (Å²) < 4.78 is 32.2. The fraction of sp³-hybridized carbons (Fsp3) is 0.133. The lowest BCUT2D eigenvalue weighted by Gasteiger charge is -2.09. The van der Waals surface area contributed by atoms with E-state index in [1.807, 2.05) is 0 Å². The van der Waals surface area contributed by atoms with E-state index in [4.69, 9.17) is 10.3 Å². The molecule has 0 radical (unpaired) electrons. The maximum absolute atomic E-state index is 12.5. The summed E-state index contributed by atoms with van der Waals surface area (Å²) in [5, 5.41) is 17.5. The Morgan fingerprint density at radius 1 is 1.18 bits per heavy atom. The van der Waals surface area contributed by atoms with E-state index in [0.717, 1.165) is 6.33 Å². The summed E-state index contributed by atoms with van der Waals surface area (Å²) in [6, 6.07) is 5.49. The van der Waals surface area contributed by atoms with Crippen molar-refractivity contribution in [3.05, 3.63) is 52.0 Å². The van der Waals surface area contributed by atoms with Crippen molar-refractivity contribution in [1.82, 2.24) is 15.1 Å². The zero-order chi connectivity index (χ0) is 20.5. The molecule has 0 atom stereocenters. The topological polar surface area (TPSA) is 179 Å². The molecule has 28 heavy (non-hydrogen) atoms. The van der Waals surface area contributed by atoms with E-state index in [1.165, 1.54) is 24.3 Å². The number of hydrogen-bond donors (Lipinski definition) is 3. The number of benzene rings is 1.